The standard InChI is InChI=1S/C19H39F3Si/c1-2-3-4-5-6-7-8-9-10-11-12-13-14-15-16-17-18-23-19(20,21)22/h2-18,23H2,1H3. The Kier molecular flexibility index (Phi) is 16.9. The summed E-state index contributed by atoms with van der Waals surface area (Å²) in [5.41, 5.74) is 0. The molecular weight excluding hydrogens is 313 g/mol. The summed E-state index contributed by atoms with van der Waals surface area (Å²) in [6.45, 7) is 2.26. The van der Waals surface area contributed by atoms with Crippen molar-refractivity contribution in [2.45, 2.75) is 122 Å². The number of halogens is 3. The Morgan fingerprint density at radius 2 is 0.826 bits per heavy atom. The van der Waals surface area contributed by atoms with Gasteiger partial charge in [0.1, 0.15) is 0 Å². The molecule has 0 bridgehead atoms. The molecule has 0 atom stereocenters. The molecule has 0 amide bonds. The maximum Gasteiger partial charge on any atom is 0.354 e. The molecule has 0 rings (SSSR count). The topological polar surface area (TPSA) is 0 Å². The monoisotopic (exact) mass is 352 g/mol. The summed E-state index contributed by atoms with van der Waals surface area (Å²) in [6.07, 6.45) is 20.6. The fraction of sp³-hybridized carbons (Fsp3) is 1.00. The van der Waals surface area contributed by atoms with Gasteiger partial charge in [-0.25, -0.2) is 0 Å². The van der Waals surface area contributed by atoms with Gasteiger partial charge in [-0.05, 0) is 0 Å². The molecular formula is C19H39F3Si. The lowest BCUT2D eigenvalue weighted by molar-refractivity contribution is -0.0472. The quantitative estimate of drug-likeness (QED) is 0.189. The number of alkyl halides is 3. The zero-order valence-corrected chi connectivity index (χ0v) is 16.8. The Morgan fingerprint density at radius 1 is 0.522 bits per heavy atom. The molecule has 0 radical (unpaired) electrons. The van der Waals surface area contributed by atoms with Crippen LogP contribution in [0.3, 0.4) is 0 Å². The van der Waals surface area contributed by atoms with Crippen LogP contribution in [-0.2, 0) is 0 Å². The largest absolute Gasteiger partial charge is 0.354 e. The first-order chi connectivity index (χ1) is 11.1. The van der Waals surface area contributed by atoms with E-state index < -0.39 is 15.3 Å². The molecule has 0 saturated heterocycles. The molecule has 140 valence electrons. The van der Waals surface area contributed by atoms with Gasteiger partial charge in [0, 0.05) is 0 Å². The van der Waals surface area contributed by atoms with E-state index in [4.69, 9.17) is 0 Å². The van der Waals surface area contributed by atoms with E-state index in [1.807, 2.05) is 0 Å². The molecule has 0 aliphatic heterocycles. The Labute approximate surface area is 144 Å². The molecule has 0 saturated carbocycles. The van der Waals surface area contributed by atoms with Crippen molar-refractivity contribution in [2.24, 2.45) is 0 Å². The molecule has 4 heteroatoms. The predicted octanol–water partition coefficient (Wildman–Crippen LogP) is 7.35. The highest BCUT2D eigenvalue weighted by Gasteiger charge is 2.25. The SMILES string of the molecule is CCCCCCCCCCCCCCCCCC[SiH2]C(F)(F)F. The van der Waals surface area contributed by atoms with E-state index in [2.05, 4.69) is 6.92 Å². The van der Waals surface area contributed by atoms with Gasteiger partial charge in [0.05, 0.1) is 0 Å². The van der Waals surface area contributed by atoms with E-state index in [0.717, 1.165) is 19.3 Å². The van der Waals surface area contributed by atoms with Crippen molar-refractivity contribution in [3.63, 3.8) is 0 Å². The lowest BCUT2D eigenvalue weighted by atomic mass is 10.0. The van der Waals surface area contributed by atoms with E-state index in [1.54, 1.807) is 0 Å². The zero-order chi connectivity index (χ0) is 17.2. The Bertz CT molecular complexity index is 229. The third-order valence-electron chi connectivity index (χ3n) is 4.56. The maximum absolute atomic E-state index is 12.0. The Morgan fingerprint density at radius 3 is 1.13 bits per heavy atom. The molecule has 0 aromatic heterocycles. The Balaban J connectivity index is 3.00. The summed E-state index contributed by atoms with van der Waals surface area (Å²) in [5.74, 6) is -3.82. The summed E-state index contributed by atoms with van der Waals surface area (Å²) in [5, 5.41) is 0. The highest BCUT2D eigenvalue weighted by Crippen LogP contribution is 2.17. The maximum atomic E-state index is 12.0. The van der Waals surface area contributed by atoms with Gasteiger partial charge in [0.2, 0.25) is 0 Å². The van der Waals surface area contributed by atoms with E-state index in [1.165, 1.54) is 83.5 Å². The average molecular weight is 353 g/mol. The smallest absolute Gasteiger partial charge is 0.178 e. The first kappa shape index (κ1) is 23.0. The Hall–Kier alpha value is 0.00688. The van der Waals surface area contributed by atoms with Crippen LogP contribution < -0.4 is 0 Å². The molecule has 0 fully saturated rings. The van der Waals surface area contributed by atoms with Gasteiger partial charge in [-0.3, -0.25) is 0 Å². The molecule has 0 aliphatic rings. The lowest BCUT2D eigenvalue weighted by Gasteiger charge is -2.05. The van der Waals surface area contributed by atoms with Gasteiger partial charge >= 0.3 is 5.80 Å². The summed E-state index contributed by atoms with van der Waals surface area (Å²) < 4.78 is 36.0. The number of unbranched alkanes of at least 4 members (excludes halogenated alkanes) is 15. The third-order valence-corrected chi connectivity index (χ3v) is 5.98. The summed E-state index contributed by atoms with van der Waals surface area (Å²) in [6, 6.07) is 0.446. The van der Waals surface area contributed by atoms with E-state index in [9.17, 15) is 13.2 Å². The molecule has 0 aliphatic carbocycles. The van der Waals surface area contributed by atoms with Crippen LogP contribution >= 0.6 is 0 Å². The van der Waals surface area contributed by atoms with Gasteiger partial charge in [0.25, 0.3) is 0 Å². The van der Waals surface area contributed by atoms with Gasteiger partial charge in [-0.2, -0.15) is 13.2 Å². The second kappa shape index (κ2) is 16.9. The van der Waals surface area contributed by atoms with Crippen LogP contribution in [0.25, 0.3) is 0 Å². The summed E-state index contributed by atoms with van der Waals surface area (Å²) >= 11 is 0. The van der Waals surface area contributed by atoms with Crippen LogP contribution in [0, 0.1) is 0 Å². The zero-order valence-electron chi connectivity index (χ0n) is 15.4. The van der Waals surface area contributed by atoms with Crippen LogP contribution in [0.5, 0.6) is 0 Å². The molecule has 0 heterocycles. The van der Waals surface area contributed by atoms with Crippen molar-refractivity contribution in [1.82, 2.24) is 0 Å². The van der Waals surface area contributed by atoms with Crippen LogP contribution in [0.15, 0.2) is 0 Å². The van der Waals surface area contributed by atoms with Crippen molar-refractivity contribution in [1.29, 1.82) is 0 Å². The molecule has 0 nitrogen and oxygen atoms in total. The van der Waals surface area contributed by atoms with Crippen LogP contribution in [0.2, 0.25) is 6.04 Å². The van der Waals surface area contributed by atoms with Crippen LogP contribution in [0.4, 0.5) is 13.2 Å². The van der Waals surface area contributed by atoms with Crippen molar-refractivity contribution < 1.29 is 13.2 Å². The fourth-order valence-electron chi connectivity index (χ4n) is 3.05. The second-order valence-corrected chi connectivity index (χ2v) is 9.03. The van der Waals surface area contributed by atoms with Crippen LogP contribution in [-0.4, -0.2) is 15.3 Å². The number of rotatable bonds is 17. The normalized spacial score (nSPS) is 12.5. The first-order valence-corrected chi connectivity index (χ1v) is 11.8. The second-order valence-electron chi connectivity index (χ2n) is 7.02. The number of hydrogen-bond donors (Lipinski definition) is 0. The lowest BCUT2D eigenvalue weighted by Crippen LogP contribution is -2.17. The third kappa shape index (κ3) is 22.0. The average Bonchev–Trinajstić information content (AvgIpc) is 2.49. The molecule has 23 heavy (non-hydrogen) atoms. The molecule has 0 N–H and O–H groups in total. The summed E-state index contributed by atoms with van der Waals surface area (Å²) in [7, 11) is -1.81. The fourth-order valence-corrected chi connectivity index (χ4v) is 4.05. The van der Waals surface area contributed by atoms with Crippen molar-refractivity contribution in [3.8, 4) is 0 Å². The van der Waals surface area contributed by atoms with Gasteiger partial charge in [-0.1, -0.05) is 116 Å². The van der Waals surface area contributed by atoms with E-state index in [-0.39, 0.29) is 0 Å². The van der Waals surface area contributed by atoms with E-state index >= 15 is 0 Å². The van der Waals surface area contributed by atoms with E-state index in [0.29, 0.717) is 6.04 Å². The highest BCUT2D eigenvalue weighted by atomic mass is 28.2. The molecule has 0 unspecified atom stereocenters. The molecule has 0 aromatic carbocycles. The minimum absolute atomic E-state index is 0.446. The van der Waals surface area contributed by atoms with Crippen molar-refractivity contribution in [3.05, 3.63) is 0 Å². The minimum Gasteiger partial charge on any atom is -0.178 e. The van der Waals surface area contributed by atoms with Crippen molar-refractivity contribution >= 4 is 9.52 Å². The highest BCUT2D eigenvalue weighted by molar-refractivity contribution is 6.37. The van der Waals surface area contributed by atoms with Crippen molar-refractivity contribution in [2.75, 3.05) is 0 Å². The summed E-state index contributed by atoms with van der Waals surface area (Å²) in [4.78, 5) is 0. The van der Waals surface area contributed by atoms with Gasteiger partial charge in [0.15, 0.2) is 9.52 Å². The van der Waals surface area contributed by atoms with Crippen LogP contribution in [0.1, 0.15) is 110 Å². The van der Waals surface area contributed by atoms with Gasteiger partial charge in [-0.15, -0.1) is 0 Å². The number of hydrogen-bond acceptors (Lipinski definition) is 0. The molecule has 0 spiro atoms. The first-order valence-electron chi connectivity index (χ1n) is 10.1. The molecule has 0 aromatic rings. The predicted molar refractivity (Wildman–Crippen MR) is 99.0 cm³/mol. The van der Waals surface area contributed by atoms with Gasteiger partial charge < -0.3 is 0 Å². The minimum atomic E-state index is -3.82.